The number of nitrogens with one attached hydrogen (secondary N) is 1. The molecule has 0 aromatic rings. The number of carbonyl (C=O) groups is 2. The quantitative estimate of drug-likeness (QED) is 0.671. The molecule has 1 unspecified atom stereocenters. The second-order valence-electron chi connectivity index (χ2n) is 9.23. The fourth-order valence-corrected chi connectivity index (χ4v) is 2.24. The Balaban J connectivity index is 0. The van der Waals surface area contributed by atoms with Gasteiger partial charge in [-0.05, 0) is 37.5 Å². The van der Waals surface area contributed by atoms with Crippen LogP contribution in [0.25, 0.3) is 0 Å². The number of amides is 1. The van der Waals surface area contributed by atoms with Crippen molar-refractivity contribution in [3.8, 4) is 0 Å². The normalized spacial score (nSPS) is 16.9. The lowest BCUT2D eigenvalue weighted by molar-refractivity contribution is -0.141. The van der Waals surface area contributed by atoms with E-state index in [0.717, 1.165) is 31.0 Å². The Kier molecular flexibility index (Phi) is 14.9. The Morgan fingerprint density at radius 2 is 1.70 bits per heavy atom. The summed E-state index contributed by atoms with van der Waals surface area (Å²) in [6.07, 6.45) is 4.78. The van der Waals surface area contributed by atoms with E-state index in [1.54, 1.807) is 0 Å². The van der Waals surface area contributed by atoms with Gasteiger partial charge in [-0.15, -0.1) is 0 Å². The smallest absolute Gasteiger partial charge is 0.326 e. The first-order valence-electron chi connectivity index (χ1n) is 10.2. The van der Waals surface area contributed by atoms with Crippen LogP contribution in [0.3, 0.4) is 0 Å². The first-order chi connectivity index (χ1) is 12.3. The molecule has 0 aliphatic carbocycles. The molecule has 160 valence electrons. The highest BCUT2D eigenvalue weighted by molar-refractivity contribution is 5.76. The van der Waals surface area contributed by atoms with Gasteiger partial charge in [0.2, 0.25) is 5.91 Å². The maximum atomic E-state index is 11.4. The predicted octanol–water partition coefficient (Wildman–Crippen LogP) is 5.07. The zero-order chi connectivity index (χ0) is 21.6. The standard InChI is InChI=1S/C13H22N2O3.C5H12.C4H10/c1-3-6-12(16)14-9-10(4-2)15-8-5-7-11(15)13(17)18;1-5(2,3)4;1-4(2)3/h4,11H,3,5-9H2,1-2H3,(H,14,16)(H,17,18);1-4H3;4H,1-3H3/b10-4-;;. The van der Waals surface area contributed by atoms with Gasteiger partial charge in [0.25, 0.3) is 0 Å². The first-order valence-corrected chi connectivity index (χ1v) is 10.2. The third-order valence-corrected chi connectivity index (χ3v) is 3.18. The second kappa shape index (κ2) is 14.5. The monoisotopic (exact) mass is 384 g/mol. The molecule has 1 atom stereocenters. The lowest BCUT2D eigenvalue weighted by Gasteiger charge is -2.26. The van der Waals surface area contributed by atoms with Crippen LogP contribution in [0.5, 0.6) is 0 Å². The molecule has 1 aliphatic rings. The number of carboxylic acids is 1. The summed E-state index contributed by atoms with van der Waals surface area (Å²) in [4.78, 5) is 24.4. The van der Waals surface area contributed by atoms with Crippen LogP contribution >= 0.6 is 0 Å². The van der Waals surface area contributed by atoms with Crippen molar-refractivity contribution < 1.29 is 14.7 Å². The van der Waals surface area contributed by atoms with Gasteiger partial charge in [-0.1, -0.05) is 61.5 Å². The van der Waals surface area contributed by atoms with E-state index in [9.17, 15) is 9.59 Å². The van der Waals surface area contributed by atoms with Gasteiger partial charge in [0, 0.05) is 18.7 Å². The molecule has 0 radical (unpaired) electrons. The van der Waals surface area contributed by atoms with Crippen molar-refractivity contribution in [1.29, 1.82) is 0 Å². The fourth-order valence-electron chi connectivity index (χ4n) is 2.24. The molecule has 0 spiro atoms. The minimum Gasteiger partial charge on any atom is -0.480 e. The second-order valence-corrected chi connectivity index (χ2v) is 9.23. The summed E-state index contributed by atoms with van der Waals surface area (Å²) < 4.78 is 0. The molecule has 1 heterocycles. The van der Waals surface area contributed by atoms with Gasteiger partial charge in [0.1, 0.15) is 6.04 Å². The van der Waals surface area contributed by atoms with Crippen molar-refractivity contribution in [2.24, 2.45) is 11.3 Å². The third kappa shape index (κ3) is 17.6. The zero-order valence-corrected chi connectivity index (χ0v) is 19.2. The highest BCUT2D eigenvalue weighted by Gasteiger charge is 2.31. The molecule has 5 nitrogen and oxygen atoms in total. The molecular formula is C22H44N2O3. The van der Waals surface area contributed by atoms with Crippen molar-refractivity contribution in [3.05, 3.63) is 11.8 Å². The van der Waals surface area contributed by atoms with E-state index in [0.29, 0.717) is 24.8 Å². The van der Waals surface area contributed by atoms with Gasteiger partial charge < -0.3 is 15.3 Å². The minimum atomic E-state index is -0.785. The van der Waals surface area contributed by atoms with E-state index in [1.165, 1.54) is 0 Å². The number of rotatable bonds is 6. The summed E-state index contributed by atoms with van der Waals surface area (Å²) in [5.74, 6) is 0.0645. The van der Waals surface area contributed by atoms with Crippen LogP contribution in [0.2, 0.25) is 0 Å². The third-order valence-electron chi connectivity index (χ3n) is 3.18. The lowest BCUT2D eigenvalue weighted by Crippen LogP contribution is -2.39. The predicted molar refractivity (Wildman–Crippen MR) is 115 cm³/mol. The zero-order valence-electron chi connectivity index (χ0n) is 19.2. The number of carbonyl (C=O) groups excluding carboxylic acids is 1. The maximum Gasteiger partial charge on any atom is 0.326 e. The van der Waals surface area contributed by atoms with Crippen molar-refractivity contribution in [2.45, 2.75) is 94.0 Å². The van der Waals surface area contributed by atoms with Crippen LogP contribution in [0.4, 0.5) is 0 Å². The van der Waals surface area contributed by atoms with Crippen LogP contribution in [0.1, 0.15) is 88.0 Å². The number of hydrogen-bond donors (Lipinski definition) is 2. The molecule has 1 aliphatic heterocycles. The molecule has 1 saturated heterocycles. The topological polar surface area (TPSA) is 69.6 Å². The highest BCUT2D eigenvalue weighted by Crippen LogP contribution is 2.22. The SMILES string of the molecule is C/C=C(/CNC(=O)CCC)N1CCCC1C(=O)O.CC(C)(C)C.CC(C)C. The average Bonchev–Trinajstić information content (AvgIpc) is 2.95. The molecule has 0 bridgehead atoms. The number of likely N-dealkylation sites (tertiary alicyclic amines) is 1. The molecular weight excluding hydrogens is 340 g/mol. The van der Waals surface area contributed by atoms with E-state index < -0.39 is 12.0 Å². The largest absolute Gasteiger partial charge is 0.480 e. The Hall–Kier alpha value is -1.52. The molecule has 27 heavy (non-hydrogen) atoms. The number of hydrogen-bond acceptors (Lipinski definition) is 3. The lowest BCUT2D eigenvalue weighted by atomic mass is 10.0. The van der Waals surface area contributed by atoms with Gasteiger partial charge in [-0.2, -0.15) is 0 Å². The van der Waals surface area contributed by atoms with Crippen LogP contribution in [-0.4, -0.2) is 41.0 Å². The van der Waals surface area contributed by atoms with E-state index in [4.69, 9.17) is 5.11 Å². The van der Waals surface area contributed by atoms with E-state index in [2.05, 4.69) is 53.8 Å². The van der Waals surface area contributed by atoms with Gasteiger partial charge in [-0.3, -0.25) is 4.79 Å². The molecule has 1 fully saturated rings. The average molecular weight is 385 g/mol. The van der Waals surface area contributed by atoms with Gasteiger partial charge in [0.15, 0.2) is 0 Å². The first kappa shape index (κ1) is 27.7. The minimum absolute atomic E-state index is 0.0166. The molecule has 1 rings (SSSR count). The van der Waals surface area contributed by atoms with E-state index in [-0.39, 0.29) is 5.91 Å². The van der Waals surface area contributed by atoms with E-state index >= 15 is 0 Å². The molecule has 1 amide bonds. The number of nitrogens with zero attached hydrogens (tertiary/aromatic N) is 1. The molecule has 0 saturated carbocycles. The summed E-state index contributed by atoms with van der Waals surface area (Å²) in [6.45, 7) is 20.2. The van der Waals surface area contributed by atoms with Crippen molar-refractivity contribution >= 4 is 11.9 Å². The van der Waals surface area contributed by atoms with Crippen LogP contribution in [-0.2, 0) is 9.59 Å². The Morgan fingerprint density at radius 1 is 1.22 bits per heavy atom. The van der Waals surface area contributed by atoms with Crippen LogP contribution < -0.4 is 5.32 Å². The van der Waals surface area contributed by atoms with Crippen molar-refractivity contribution in [3.63, 3.8) is 0 Å². The van der Waals surface area contributed by atoms with Crippen LogP contribution in [0, 0.1) is 11.3 Å². The van der Waals surface area contributed by atoms with E-state index in [1.807, 2.05) is 24.8 Å². The summed E-state index contributed by atoms with van der Waals surface area (Å²) >= 11 is 0. The highest BCUT2D eigenvalue weighted by atomic mass is 16.4. The summed E-state index contributed by atoms with van der Waals surface area (Å²) in [5.41, 5.74) is 1.39. The number of carboxylic acid groups (broad SMARTS) is 1. The summed E-state index contributed by atoms with van der Waals surface area (Å²) in [5, 5.41) is 12.0. The van der Waals surface area contributed by atoms with Gasteiger partial charge >= 0.3 is 5.97 Å². The molecule has 2 N–H and O–H groups in total. The number of allylic oxidation sites excluding steroid dienone is 1. The fraction of sp³-hybridized carbons (Fsp3) is 0.818. The van der Waals surface area contributed by atoms with Gasteiger partial charge in [-0.25, -0.2) is 4.79 Å². The maximum absolute atomic E-state index is 11.4. The Labute approximate surface area is 167 Å². The molecule has 5 heteroatoms. The Morgan fingerprint density at radius 3 is 2.07 bits per heavy atom. The van der Waals surface area contributed by atoms with Crippen molar-refractivity contribution in [2.75, 3.05) is 13.1 Å². The molecule has 0 aromatic heterocycles. The summed E-state index contributed by atoms with van der Waals surface area (Å²) in [7, 11) is 0. The van der Waals surface area contributed by atoms with Crippen LogP contribution in [0.15, 0.2) is 11.8 Å². The molecule has 0 aromatic carbocycles. The van der Waals surface area contributed by atoms with Crippen molar-refractivity contribution in [1.82, 2.24) is 10.2 Å². The van der Waals surface area contributed by atoms with Gasteiger partial charge in [0.05, 0.1) is 6.54 Å². The Bertz CT molecular complexity index is 442. The number of aliphatic carboxylic acids is 1. The summed E-state index contributed by atoms with van der Waals surface area (Å²) in [6, 6.07) is -0.445.